The molecule has 0 saturated heterocycles. The normalized spacial score (nSPS) is 10.5. The van der Waals surface area contributed by atoms with Crippen molar-refractivity contribution in [2.24, 2.45) is 0 Å². The van der Waals surface area contributed by atoms with Crippen molar-refractivity contribution in [3.05, 3.63) is 58.2 Å². The summed E-state index contributed by atoms with van der Waals surface area (Å²) in [7, 11) is 0. The number of rotatable bonds is 6. The molecule has 0 radical (unpaired) electrons. The van der Waals surface area contributed by atoms with Gasteiger partial charge in [0.15, 0.2) is 5.78 Å². The standard InChI is InChI=1S/C12H13NO3/c14-12(11-7-3-1-4-8-11)9-5-2-6-10-13(15)16/h1,3-5,7-9H,2,6,10H2/b9-5+. The van der Waals surface area contributed by atoms with Gasteiger partial charge in [0, 0.05) is 16.9 Å². The maximum atomic E-state index is 11.5. The van der Waals surface area contributed by atoms with Crippen LogP contribution in [-0.4, -0.2) is 17.3 Å². The summed E-state index contributed by atoms with van der Waals surface area (Å²) in [6.07, 6.45) is 4.17. The van der Waals surface area contributed by atoms with Crippen LogP contribution in [0.3, 0.4) is 0 Å². The zero-order valence-electron chi connectivity index (χ0n) is 8.83. The average molecular weight is 219 g/mol. The van der Waals surface area contributed by atoms with Crippen LogP contribution in [0.5, 0.6) is 0 Å². The molecule has 4 heteroatoms. The van der Waals surface area contributed by atoms with Crippen LogP contribution >= 0.6 is 0 Å². The lowest BCUT2D eigenvalue weighted by Gasteiger charge is -1.93. The number of hydrogen-bond acceptors (Lipinski definition) is 3. The van der Waals surface area contributed by atoms with Crippen molar-refractivity contribution < 1.29 is 9.72 Å². The van der Waals surface area contributed by atoms with Crippen LogP contribution < -0.4 is 0 Å². The topological polar surface area (TPSA) is 60.2 Å². The third-order valence-corrected chi connectivity index (χ3v) is 2.04. The monoisotopic (exact) mass is 219 g/mol. The number of unbranched alkanes of at least 4 members (excludes halogenated alkanes) is 1. The molecule has 4 nitrogen and oxygen atoms in total. The van der Waals surface area contributed by atoms with E-state index in [1.807, 2.05) is 6.07 Å². The molecular weight excluding hydrogens is 206 g/mol. The molecule has 0 aliphatic rings. The molecule has 0 heterocycles. The fourth-order valence-corrected chi connectivity index (χ4v) is 1.23. The number of ketones is 1. The van der Waals surface area contributed by atoms with Gasteiger partial charge in [0.25, 0.3) is 0 Å². The average Bonchev–Trinajstić information content (AvgIpc) is 2.29. The van der Waals surface area contributed by atoms with Gasteiger partial charge in [0.05, 0.1) is 0 Å². The third kappa shape index (κ3) is 4.50. The fourth-order valence-electron chi connectivity index (χ4n) is 1.23. The molecular formula is C12H13NO3. The number of nitrogens with zero attached hydrogens (tertiary/aromatic N) is 1. The minimum Gasteiger partial charge on any atom is -0.289 e. The van der Waals surface area contributed by atoms with Crippen LogP contribution in [0.1, 0.15) is 23.2 Å². The summed E-state index contributed by atoms with van der Waals surface area (Å²) in [6.45, 7) is -0.0517. The Labute approximate surface area is 93.7 Å². The first-order valence-corrected chi connectivity index (χ1v) is 5.08. The van der Waals surface area contributed by atoms with Crippen molar-refractivity contribution in [2.45, 2.75) is 12.8 Å². The van der Waals surface area contributed by atoms with Gasteiger partial charge in [0.2, 0.25) is 6.54 Å². The number of nitro groups is 1. The van der Waals surface area contributed by atoms with Crippen molar-refractivity contribution in [1.82, 2.24) is 0 Å². The molecule has 0 saturated carbocycles. The first kappa shape index (κ1) is 12.1. The Kier molecular flexibility index (Phi) is 4.92. The van der Waals surface area contributed by atoms with Gasteiger partial charge in [-0.1, -0.05) is 36.4 Å². The molecule has 84 valence electrons. The zero-order valence-corrected chi connectivity index (χ0v) is 8.83. The first-order valence-electron chi connectivity index (χ1n) is 5.08. The number of benzene rings is 1. The lowest BCUT2D eigenvalue weighted by Crippen LogP contribution is -1.99. The summed E-state index contributed by atoms with van der Waals surface area (Å²) < 4.78 is 0. The summed E-state index contributed by atoms with van der Waals surface area (Å²) in [4.78, 5) is 21.2. The molecule has 0 N–H and O–H groups in total. The molecule has 0 aromatic heterocycles. The SMILES string of the molecule is O=C(/C=C/CCC[N+](=O)[O-])c1ccccc1. The number of hydrogen-bond donors (Lipinski definition) is 0. The van der Waals surface area contributed by atoms with E-state index in [9.17, 15) is 14.9 Å². The van der Waals surface area contributed by atoms with Gasteiger partial charge in [-0.3, -0.25) is 14.9 Å². The van der Waals surface area contributed by atoms with Crippen LogP contribution in [0.15, 0.2) is 42.5 Å². The summed E-state index contributed by atoms with van der Waals surface area (Å²) in [5.41, 5.74) is 0.632. The smallest absolute Gasteiger partial charge is 0.204 e. The Bertz CT molecular complexity index is 385. The zero-order chi connectivity index (χ0) is 11.8. The van der Waals surface area contributed by atoms with Crippen LogP contribution in [-0.2, 0) is 0 Å². The van der Waals surface area contributed by atoms with Crippen LogP contribution in [0.2, 0.25) is 0 Å². The maximum Gasteiger partial charge on any atom is 0.204 e. The molecule has 0 spiro atoms. The van der Waals surface area contributed by atoms with Gasteiger partial charge >= 0.3 is 0 Å². The van der Waals surface area contributed by atoms with E-state index in [0.717, 1.165) is 0 Å². The molecule has 0 aliphatic heterocycles. The van der Waals surface area contributed by atoms with E-state index >= 15 is 0 Å². The Morgan fingerprint density at radius 3 is 2.62 bits per heavy atom. The van der Waals surface area contributed by atoms with E-state index in [1.54, 1.807) is 30.3 Å². The summed E-state index contributed by atoms with van der Waals surface area (Å²) in [5.74, 6) is -0.0679. The number of carbonyl (C=O) groups is 1. The quantitative estimate of drug-likeness (QED) is 0.243. The highest BCUT2D eigenvalue weighted by atomic mass is 16.6. The van der Waals surface area contributed by atoms with Gasteiger partial charge in [-0.25, -0.2) is 0 Å². The highest BCUT2D eigenvalue weighted by Gasteiger charge is 1.99. The maximum absolute atomic E-state index is 11.5. The van der Waals surface area contributed by atoms with Gasteiger partial charge in [-0.15, -0.1) is 0 Å². The fraction of sp³-hybridized carbons (Fsp3) is 0.250. The highest BCUT2D eigenvalue weighted by Crippen LogP contribution is 2.01. The Morgan fingerprint density at radius 2 is 2.00 bits per heavy atom. The van der Waals surface area contributed by atoms with Crippen LogP contribution in [0.25, 0.3) is 0 Å². The van der Waals surface area contributed by atoms with E-state index in [4.69, 9.17) is 0 Å². The molecule has 0 aliphatic carbocycles. The summed E-state index contributed by atoms with van der Waals surface area (Å²) in [6, 6.07) is 8.92. The van der Waals surface area contributed by atoms with E-state index in [1.165, 1.54) is 6.08 Å². The predicted octanol–water partition coefficient (Wildman–Crippen LogP) is 2.48. The van der Waals surface area contributed by atoms with E-state index in [2.05, 4.69) is 0 Å². The highest BCUT2D eigenvalue weighted by molar-refractivity contribution is 6.04. The second-order valence-corrected chi connectivity index (χ2v) is 3.33. The molecule has 0 fully saturated rings. The predicted molar refractivity (Wildman–Crippen MR) is 61.0 cm³/mol. The summed E-state index contributed by atoms with van der Waals surface area (Å²) in [5, 5.41) is 10.0. The van der Waals surface area contributed by atoms with E-state index in [0.29, 0.717) is 18.4 Å². The van der Waals surface area contributed by atoms with Gasteiger partial charge < -0.3 is 0 Å². The van der Waals surface area contributed by atoms with Crippen molar-refractivity contribution in [3.8, 4) is 0 Å². The molecule has 0 unspecified atom stereocenters. The number of allylic oxidation sites excluding steroid dienone is 2. The molecule has 1 rings (SSSR count). The lowest BCUT2D eigenvalue weighted by molar-refractivity contribution is -0.480. The van der Waals surface area contributed by atoms with Gasteiger partial charge in [-0.2, -0.15) is 0 Å². The molecule has 0 atom stereocenters. The van der Waals surface area contributed by atoms with Crippen molar-refractivity contribution in [1.29, 1.82) is 0 Å². The second kappa shape index (κ2) is 6.50. The minimum atomic E-state index is -0.354. The second-order valence-electron chi connectivity index (χ2n) is 3.33. The van der Waals surface area contributed by atoms with Gasteiger partial charge in [0.1, 0.15) is 0 Å². The van der Waals surface area contributed by atoms with Crippen molar-refractivity contribution in [2.75, 3.05) is 6.54 Å². The molecule has 1 aromatic rings. The third-order valence-electron chi connectivity index (χ3n) is 2.04. The molecule has 0 amide bonds. The minimum absolute atomic E-state index is 0.0517. The van der Waals surface area contributed by atoms with Crippen molar-refractivity contribution >= 4 is 5.78 Å². The first-order chi connectivity index (χ1) is 7.70. The van der Waals surface area contributed by atoms with E-state index in [-0.39, 0.29) is 17.3 Å². The summed E-state index contributed by atoms with van der Waals surface area (Å²) >= 11 is 0. The lowest BCUT2D eigenvalue weighted by atomic mass is 10.1. The number of carbonyl (C=O) groups excluding carboxylic acids is 1. The van der Waals surface area contributed by atoms with Gasteiger partial charge in [-0.05, 0) is 12.5 Å². The molecule has 1 aromatic carbocycles. The van der Waals surface area contributed by atoms with E-state index < -0.39 is 0 Å². The largest absolute Gasteiger partial charge is 0.289 e. The Morgan fingerprint density at radius 1 is 1.31 bits per heavy atom. The Hall–Kier alpha value is -1.97. The molecule has 0 bridgehead atoms. The van der Waals surface area contributed by atoms with Crippen LogP contribution in [0.4, 0.5) is 0 Å². The van der Waals surface area contributed by atoms with Crippen molar-refractivity contribution in [3.63, 3.8) is 0 Å². The Balaban J connectivity index is 2.35. The molecule has 16 heavy (non-hydrogen) atoms. The van der Waals surface area contributed by atoms with Crippen LogP contribution in [0, 0.1) is 10.1 Å².